The standard InChI is InChI=1S/C13H22N2O2/c1-2-3-4-5-9-17-10-8-15-11-12(14)6-7-13(15)16/h6-7,11H,2-5,8-10,14H2,1H3. The molecule has 1 rings (SSSR count). The number of ether oxygens (including phenoxy) is 1. The van der Waals surface area contributed by atoms with Gasteiger partial charge in [-0.1, -0.05) is 26.2 Å². The number of nitrogen functional groups attached to an aromatic ring is 1. The number of aromatic nitrogens is 1. The van der Waals surface area contributed by atoms with Gasteiger partial charge < -0.3 is 15.0 Å². The summed E-state index contributed by atoms with van der Waals surface area (Å²) in [6, 6.07) is 3.10. The van der Waals surface area contributed by atoms with Crippen molar-refractivity contribution in [3.63, 3.8) is 0 Å². The molecule has 0 bridgehead atoms. The van der Waals surface area contributed by atoms with Crippen LogP contribution in [-0.4, -0.2) is 17.8 Å². The molecule has 1 heterocycles. The first kappa shape index (κ1) is 13.8. The minimum atomic E-state index is -0.0335. The van der Waals surface area contributed by atoms with Crippen molar-refractivity contribution in [2.24, 2.45) is 0 Å². The van der Waals surface area contributed by atoms with Gasteiger partial charge in [-0.3, -0.25) is 4.79 Å². The van der Waals surface area contributed by atoms with Gasteiger partial charge in [-0.25, -0.2) is 0 Å². The number of hydrogen-bond donors (Lipinski definition) is 1. The number of unbranched alkanes of at least 4 members (excludes halogenated alkanes) is 3. The van der Waals surface area contributed by atoms with Crippen molar-refractivity contribution in [2.75, 3.05) is 18.9 Å². The quantitative estimate of drug-likeness (QED) is 0.705. The molecular formula is C13H22N2O2. The number of nitrogens with two attached hydrogens (primary N) is 1. The van der Waals surface area contributed by atoms with E-state index in [1.165, 1.54) is 25.3 Å². The molecule has 0 aliphatic rings. The Morgan fingerprint density at radius 2 is 2.06 bits per heavy atom. The number of pyridine rings is 1. The molecule has 0 unspecified atom stereocenters. The fourth-order valence-electron chi connectivity index (χ4n) is 1.62. The zero-order valence-corrected chi connectivity index (χ0v) is 10.5. The molecule has 1 aromatic rings. The second kappa shape index (κ2) is 7.90. The maximum absolute atomic E-state index is 11.4. The summed E-state index contributed by atoms with van der Waals surface area (Å²) in [4.78, 5) is 11.4. The van der Waals surface area contributed by atoms with Crippen molar-refractivity contribution in [3.05, 3.63) is 28.7 Å². The van der Waals surface area contributed by atoms with Gasteiger partial charge >= 0.3 is 0 Å². The van der Waals surface area contributed by atoms with Crippen LogP contribution in [-0.2, 0) is 11.3 Å². The van der Waals surface area contributed by atoms with E-state index in [1.54, 1.807) is 16.8 Å². The van der Waals surface area contributed by atoms with Gasteiger partial charge in [0.25, 0.3) is 5.56 Å². The Hall–Kier alpha value is -1.29. The Morgan fingerprint density at radius 1 is 1.24 bits per heavy atom. The van der Waals surface area contributed by atoms with Crippen LogP contribution in [0.25, 0.3) is 0 Å². The minimum Gasteiger partial charge on any atom is -0.398 e. The third-order valence-electron chi connectivity index (χ3n) is 2.63. The molecule has 0 saturated heterocycles. The van der Waals surface area contributed by atoms with E-state index in [0.717, 1.165) is 13.0 Å². The predicted octanol–water partition coefficient (Wildman–Crippen LogP) is 2.03. The molecule has 1 aromatic heterocycles. The van der Waals surface area contributed by atoms with E-state index in [2.05, 4.69) is 6.92 Å². The molecule has 4 nitrogen and oxygen atoms in total. The second-order valence-electron chi connectivity index (χ2n) is 4.17. The highest BCUT2D eigenvalue weighted by Gasteiger charge is 1.96. The van der Waals surface area contributed by atoms with E-state index in [-0.39, 0.29) is 5.56 Å². The van der Waals surface area contributed by atoms with Gasteiger partial charge in [0.1, 0.15) is 0 Å². The molecule has 0 radical (unpaired) electrons. The highest BCUT2D eigenvalue weighted by Crippen LogP contribution is 1.99. The lowest BCUT2D eigenvalue weighted by molar-refractivity contribution is 0.121. The van der Waals surface area contributed by atoms with E-state index < -0.39 is 0 Å². The monoisotopic (exact) mass is 238 g/mol. The van der Waals surface area contributed by atoms with Gasteiger partial charge in [-0.15, -0.1) is 0 Å². The van der Waals surface area contributed by atoms with Crippen molar-refractivity contribution in [1.29, 1.82) is 0 Å². The average molecular weight is 238 g/mol. The summed E-state index contributed by atoms with van der Waals surface area (Å²) in [6.45, 7) is 4.09. The van der Waals surface area contributed by atoms with E-state index in [4.69, 9.17) is 10.5 Å². The normalized spacial score (nSPS) is 10.6. The summed E-state index contributed by atoms with van der Waals surface area (Å²) in [5, 5.41) is 0. The predicted molar refractivity (Wildman–Crippen MR) is 70.1 cm³/mol. The molecule has 0 aromatic carbocycles. The number of rotatable bonds is 8. The fraction of sp³-hybridized carbons (Fsp3) is 0.615. The summed E-state index contributed by atoms with van der Waals surface area (Å²) in [5.41, 5.74) is 6.18. The Bertz CT molecular complexity index is 374. The molecule has 0 aliphatic carbocycles. The molecule has 0 atom stereocenters. The van der Waals surface area contributed by atoms with Crippen LogP contribution in [0.15, 0.2) is 23.1 Å². The van der Waals surface area contributed by atoms with Crippen LogP contribution in [0.3, 0.4) is 0 Å². The largest absolute Gasteiger partial charge is 0.398 e. The summed E-state index contributed by atoms with van der Waals surface area (Å²) in [7, 11) is 0. The highest BCUT2D eigenvalue weighted by molar-refractivity contribution is 5.33. The molecule has 96 valence electrons. The maximum atomic E-state index is 11.4. The lowest BCUT2D eigenvalue weighted by atomic mass is 10.2. The van der Waals surface area contributed by atoms with E-state index in [1.807, 2.05) is 0 Å². The van der Waals surface area contributed by atoms with Gasteiger partial charge in [0.05, 0.1) is 6.61 Å². The van der Waals surface area contributed by atoms with Gasteiger partial charge in [-0.05, 0) is 12.5 Å². The zero-order valence-electron chi connectivity index (χ0n) is 10.5. The minimum absolute atomic E-state index is 0.0335. The fourth-order valence-corrected chi connectivity index (χ4v) is 1.62. The molecule has 0 saturated carbocycles. The zero-order chi connectivity index (χ0) is 12.5. The first-order valence-electron chi connectivity index (χ1n) is 6.27. The summed E-state index contributed by atoms with van der Waals surface area (Å²) >= 11 is 0. The lowest BCUT2D eigenvalue weighted by Crippen LogP contribution is -2.21. The number of hydrogen-bond acceptors (Lipinski definition) is 3. The van der Waals surface area contributed by atoms with Crippen LogP contribution in [0, 0.1) is 0 Å². The molecule has 0 amide bonds. The van der Waals surface area contributed by atoms with Crippen LogP contribution < -0.4 is 11.3 Å². The average Bonchev–Trinajstić information content (AvgIpc) is 2.32. The first-order valence-corrected chi connectivity index (χ1v) is 6.27. The first-order chi connectivity index (χ1) is 8.24. The summed E-state index contributed by atoms with van der Waals surface area (Å²) < 4.78 is 7.06. The van der Waals surface area contributed by atoms with Crippen molar-refractivity contribution < 1.29 is 4.74 Å². The molecule has 4 heteroatoms. The number of anilines is 1. The van der Waals surface area contributed by atoms with Gasteiger partial charge in [0.2, 0.25) is 0 Å². The van der Waals surface area contributed by atoms with Crippen LogP contribution >= 0.6 is 0 Å². The topological polar surface area (TPSA) is 57.2 Å². The van der Waals surface area contributed by atoms with Crippen LogP contribution in [0.4, 0.5) is 5.69 Å². The van der Waals surface area contributed by atoms with Crippen molar-refractivity contribution in [1.82, 2.24) is 4.57 Å². The molecule has 17 heavy (non-hydrogen) atoms. The van der Waals surface area contributed by atoms with Crippen LogP contribution in [0.1, 0.15) is 32.6 Å². The summed E-state index contributed by atoms with van der Waals surface area (Å²) in [6.07, 6.45) is 6.47. The maximum Gasteiger partial charge on any atom is 0.250 e. The number of nitrogens with zero attached hydrogens (tertiary/aromatic N) is 1. The third-order valence-corrected chi connectivity index (χ3v) is 2.63. The molecule has 2 N–H and O–H groups in total. The van der Waals surface area contributed by atoms with Gasteiger partial charge in [0, 0.05) is 31.1 Å². The Morgan fingerprint density at radius 3 is 2.82 bits per heavy atom. The van der Waals surface area contributed by atoms with Crippen molar-refractivity contribution >= 4 is 5.69 Å². The Labute approximate surface area is 102 Å². The smallest absolute Gasteiger partial charge is 0.250 e. The SMILES string of the molecule is CCCCCCOCCn1cc(N)ccc1=O. The lowest BCUT2D eigenvalue weighted by Gasteiger charge is -2.07. The Balaban J connectivity index is 2.18. The molecule has 0 spiro atoms. The Kier molecular flexibility index (Phi) is 6.40. The summed E-state index contributed by atoms with van der Waals surface area (Å²) in [5.74, 6) is 0. The molecular weight excluding hydrogens is 216 g/mol. The van der Waals surface area contributed by atoms with Crippen LogP contribution in [0.5, 0.6) is 0 Å². The van der Waals surface area contributed by atoms with Crippen LogP contribution in [0.2, 0.25) is 0 Å². The van der Waals surface area contributed by atoms with Gasteiger partial charge in [-0.2, -0.15) is 0 Å². The van der Waals surface area contributed by atoms with E-state index >= 15 is 0 Å². The molecule has 0 fully saturated rings. The molecule has 0 aliphatic heterocycles. The second-order valence-corrected chi connectivity index (χ2v) is 4.17. The van der Waals surface area contributed by atoms with Crippen molar-refractivity contribution in [2.45, 2.75) is 39.2 Å². The van der Waals surface area contributed by atoms with Crippen molar-refractivity contribution in [3.8, 4) is 0 Å². The van der Waals surface area contributed by atoms with E-state index in [9.17, 15) is 4.79 Å². The van der Waals surface area contributed by atoms with E-state index in [0.29, 0.717) is 18.8 Å². The third kappa shape index (κ3) is 5.54. The highest BCUT2D eigenvalue weighted by atomic mass is 16.5. The van der Waals surface area contributed by atoms with Gasteiger partial charge in [0.15, 0.2) is 0 Å².